The predicted molar refractivity (Wildman–Crippen MR) is 92.0 cm³/mol. The Morgan fingerprint density at radius 1 is 1.21 bits per heavy atom. The first-order valence-corrected chi connectivity index (χ1v) is 8.12. The van der Waals surface area contributed by atoms with Gasteiger partial charge in [-0.2, -0.15) is 0 Å². The average molecular weight is 394 g/mol. The summed E-state index contributed by atoms with van der Waals surface area (Å²) < 4.78 is 18.6. The second-order valence-corrected chi connectivity index (χ2v) is 6.15. The Morgan fingerprint density at radius 3 is 2.54 bits per heavy atom. The second kappa shape index (κ2) is 8.06. The van der Waals surface area contributed by atoms with Crippen LogP contribution in [0, 0.1) is 5.82 Å². The van der Waals surface area contributed by atoms with Gasteiger partial charge in [-0.05, 0) is 46.6 Å². The first-order valence-electron chi connectivity index (χ1n) is 7.33. The van der Waals surface area contributed by atoms with Crippen molar-refractivity contribution in [1.82, 2.24) is 4.90 Å². The Balaban J connectivity index is 1.97. The molecule has 6 heteroatoms. The highest BCUT2D eigenvalue weighted by atomic mass is 79.9. The molecule has 0 heterocycles. The maximum atomic E-state index is 13.2. The van der Waals surface area contributed by atoms with Crippen LogP contribution >= 0.6 is 15.9 Å². The smallest absolute Gasteiger partial charge is 0.339 e. The number of rotatable bonds is 5. The molecule has 1 atom stereocenters. The fraction of sp³-hybridized carbons (Fsp3) is 0.222. The van der Waals surface area contributed by atoms with Gasteiger partial charge in [-0.3, -0.25) is 4.79 Å². The molecule has 0 unspecified atom stereocenters. The molecule has 0 aliphatic heterocycles. The quantitative estimate of drug-likeness (QED) is 0.722. The maximum absolute atomic E-state index is 13.2. The van der Waals surface area contributed by atoms with Crippen molar-refractivity contribution in [3.8, 4) is 0 Å². The van der Waals surface area contributed by atoms with Gasteiger partial charge in [0.25, 0.3) is 5.91 Å². The molecule has 0 bridgehead atoms. The van der Waals surface area contributed by atoms with Crippen LogP contribution in [0.5, 0.6) is 0 Å². The highest BCUT2D eigenvalue weighted by Crippen LogP contribution is 2.20. The third-order valence-electron chi connectivity index (χ3n) is 3.73. The molecule has 0 radical (unpaired) electrons. The van der Waals surface area contributed by atoms with E-state index in [1.807, 2.05) is 37.3 Å². The molecule has 2 aromatic rings. The Morgan fingerprint density at radius 2 is 1.88 bits per heavy atom. The van der Waals surface area contributed by atoms with E-state index in [-0.39, 0.29) is 17.5 Å². The third-order valence-corrected chi connectivity index (χ3v) is 4.42. The van der Waals surface area contributed by atoms with Crippen LogP contribution in [0.2, 0.25) is 0 Å². The van der Waals surface area contributed by atoms with E-state index in [0.29, 0.717) is 4.47 Å². The number of carbonyl (C=O) groups is 2. The molecule has 2 rings (SSSR count). The molecule has 0 saturated carbocycles. The number of benzene rings is 2. The molecule has 24 heavy (non-hydrogen) atoms. The van der Waals surface area contributed by atoms with Crippen molar-refractivity contribution in [3.63, 3.8) is 0 Å². The summed E-state index contributed by atoms with van der Waals surface area (Å²) in [5.41, 5.74) is 1.02. The third kappa shape index (κ3) is 4.41. The standard InChI is InChI=1S/C18H17BrFNO3/c1-12(13-6-4-3-5-7-13)21(2)17(22)11-24-18(23)15-10-14(20)8-9-16(15)19/h3-10,12H,11H2,1-2H3/t12-/m1/s1. The van der Waals surface area contributed by atoms with Crippen LogP contribution in [0.15, 0.2) is 53.0 Å². The molecule has 126 valence electrons. The van der Waals surface area contributed by atoms with Gasteiger partial charge in [0.2, 0.25) is 0 Å². The number of halogens is 2. The zero-order valence-electron chi connectivity index (χ0n) is 13.3. The van der Waals surface area contributed by atoms with E-state index in [0.717, 1.165) is 11.6 Å². The monoisotopic (exact) mass is 393 g/mol. The lowest BCUT2D eigenvalue weighted by atomic mass is 10.1. The molecule has 4 nitrogen and oxygen atoms in total. The summed E-state index contributed by atoms with van der Waals surface area (Å²) in [5, 5.41) is 0. The minimum atomic E-state index is -0.754. The van der Waals surface area contributed by atoms with Crippen molar-refractivity contribution in [2.24, 2.45) is 0 Å². The van der Waals surface area contributed by atoms with Crippen molar-refractivity contribution in [1.29, 1.82) is 0 Å². The van der Waals surface area contributed by atoms with Crippen LogP contribution < -0.4 is 0 Å². The fourth-order valence-corrected chi connectivity index (χ4v) is 2.54. The molecule has 1 amide bonds. The van der Waals surface area contributed by atoms with Crippen LogP contribution in [0.4, 0.5) is 4.39 Å². The predicted octanol–water partition coefficient (Wildman–Crippen LogP) is 3.96. The summed E-state index contributed by atoms with van der Waals surface area (Å²) in [6.45, 7) is 1.48. The summed E-state index contributed by atoms with van der Waals surface area (Å²) in [5.74, 6) is -1.64. The highest BCUT2D eigenvalue weighted by molar-refractivity contribution is 9.10. The number of hydrogen-bond acceptors (Lipinski definition) is 3. The Hall–Kier alpha value is -2.21. The minimum absolute atomic E-state index is 0.0431. The van der Waals surface area contributed by atoms with Gasteiger partial charge >= 0.3 is 5.97 Å². The second-order valence-electron chi connectivity index (χ2n) is 5.29. The SMILES string of the molecule is C[C@H](c1ccccc1)N(C)C(=O)COC(=O)c1cc(F)ccc1Br. The first-order chi connectivity index (χ1) is 11.4. The molecule has 0 saturated heterocycles. The van der Waals surface area contributed by atoms with Crippen molar-refractivity contribution < 1.29 is 18.7 Å². The van der Waals surface area contributed by atoms with Crippen LogP contribution in [0.25, 0.3) is 0 Å². The van der Waals surface area contributed by atoms with Crippen molar-refractivity contribution in [3.05, 3.63) is 69.9 Å². The van der Waals surface area contributed by atoms with Crippen LogP contribution in [0.3, 0.4) is 0 Å². The molecular weight excluding hydrogens is 377 g/mol. The molecular formula is C18H17BrFNO3. The van der Waals surface area contributed by atoms with Crippen LogP contribution in [-0.4, -0.2) is 30.4 Å². The Labute approximate surface area is 148 Å². The average Bonchev–Trinajstić information content (AvgIpc) is 2.60. The number of nitrogens with zero attached hydrogens (tertiary/aromatic N) is 1. The summed E-state index contributed by atoms with van der Waals surface area (Å²) >= 11 is 3.16. The van der Waals surface area contributed by atoms with Crippen molar-refractivity contribution >= 4 is 27.8 Å². The molecule has 0 N–H and O–H groups in total. The van der Waals surface area contributed by atoms with Gasteiger partial charge in [0.05, 0.1) is 11.6 Å². The normalized spacial score (nSPS) is 11.7. The van der Waals surface area contributed by atoms with Gasteiger partial charge in [0.15, 0.2) is 6.61 Å². The summed E-state index contributed by atoms with van der Waals surface area (Å²) in [7, 11) is 1.64. The van der Waals surface area contributed by atoms with Crippen LogP contribution in [0.1, 0.15) is 28.9 Å². The fourth-order valence-electron chi connectivity index (χ4n) is 2.13. The van der Waals surface area contributed by atoms with Crippen molar-refractivity contribution in [2.75, 3.05) is 13.7 Å². The molecule has 0 aromatic heterocycles. The maximum Gasteiger partial charge on any atom is 0.339 e. The van der Waals surface area contributed by atoms with Crippen molar-refractivity contribution in [2.45, 2.75) is 13.0 Å². The van der Waals surface area contributed by atoms with E-state index in [1.54, 1.807) is 7.05 Å². The summed E-state index contributed by atoms with van der Waals surface area (Å²) in [4.78, 5) is 25.7. The Kier molecular flexibility index (Phi) is 6.09. The van der Waals surface area contributed by atoms with Gasteiger partial charge in [-0.15, -0.1) is 0 Å². The number of hydrogen-bond donors (Lipinski definition) is 0. The van der Waals surface area contributed by atoms with Crippen LogP contribution in [-0.2, 0) is 9.53 Å². The lowest BCUT2D eigenvalue weighted by Crippen LogP contribution is -2.33. The molecule has 0 aliphatic rings. The first kappa shape index (κ1) is 18.1. The van der Waals surface area contributed by atoms with E-state index in [2.05, 4.69) is 15.9 Å². The molecule has 0 aliphatic carbocycles. The number of carbonyl (C=O) groups excluding carboxylic acids is 2. The van der Waals surface area contributed by atoms with E-state index in [9.17, 15) is 14.0 Å². The number of esters is 1. The van der Waals surface area contributed by atoms with Gasteiger partial charge < -0.3 is 9.64 Å². The molecule has 0 fully saturated rings. The summed E-state index contributed by atoms with van der Waals surface area (Å²) in [6.07, 6.45) is 0. The van der Waals surface area contributed by atoms with Gasteiger partial charge in [0.1, 0.15) is 5.82 Å². The van der Waals surface area contributed by atoms with E-state index in [1.165, 1.54) is 17.0 Å². The lowest BCUT2D eigenvalue weighted by molar-refractivity contribution is -0.135. The van der Waals surface area contributed by atoms with Gasteiger partial charge in [0, 0.05) is 11.5 Å². The zero-order chi connectivity index (χ0) is 17.7. The number of likely N-dealkylation sites (N-methyl/N-ethyl adjacent to an activating group) is 1. The highest BCUT2D eigenvalue weighted by Gasteiger charge is 2.20. The molecule has 0 spiro atoms. The van der Waals surface area contributed by atoms with E-state index >= 15 is 0 Å². The van der Waals surface area contributed by atoms with Gasteiger partial charge in [-0.25, -0.2) is 9.18 Å². The number of amides is 1. The minimum Gasteiger partial charge on any atom is -0.452 e. The van der Waals surface area contributed by atoms with E-state index < -0.39 is 18.4 Å². The van der Waals surface area contributed by atoms with E-state index in [4.69, 9.17) is 4.74 Å². The Bertz CT molecular complexity index is 736. The van der Waals surface area contributed by atoms with Gasteiger partial charge in [-0.1, -0.05) is 30.3 Å². The molecule has 2 aromatic carbocycles. The zero-order valence-corrected chi connectivity index (χ0v) is 14.9. The summed E-state index contributed by atoms with van der Waals surface area (Å²) in [6, 6.07) is 13.1. The topological polar surface area (TPSA) is 46.6 Å². The lowest BCUT2D eigenvalue weighted by Gasteiger charge is -2.25. The number of ether oxygens (including phenoxy) is 1. The largest absolute Gasteiger partial charge is 0.452 e.